The number of aromatic hydroxyl groups is 1. The maximum atomic E-state index is 13.3. The monoisotopic (exact) mass is 307 g/mol. The average Bonchev–Trinajstić information content (AvgIpc) is 2.26. The van der Waals surface area contributed by atoms with Gasteiger partial charge in [0.2, 0.25) is 0 Å². The summed E-state index contributed by atoms with van der Waals surface area (Å²) in [5.41, 5.74) is -4.15. The van der Waals surface area contributed by atoms with Crippen LogP contribution in [0.3, 0.4) is 0 Å². The zero-order valence-electron chi connectivity index (χ0n) is 9.09. The minimum atomic E-state index is -6.63. The quantitative estimate of drug-likeness (QED) is 0.527. The fourth-order valence-corrected chi connectivity index (χ4v) is 1.32. The van der Waals surface area contributed by atoms with Crippen molar-refractivity contribution in [1.29, 1.82) is 0 Å². The number of phenolic OH excluding ortho intramolecular Hbond substituents is 1. The highest BCUT2D eigenvalue weighted by atomic mass is 19.4. The fraction of sp³-hybridized carbons (Fsp3) is 0.333. The molecule has 1 aromatic rings. The van der Waals surface area contributed by atoms with Crippen LogP contribution in [-0.4, -0.2) is 22.1 Å². The topological polar surface area (TPSA) is 63.4 Å². The Hall–Kier alpha value is -2.07. The van der Waals surface area contributed by atoms with Crippen LogP contribution in [0.2, 0.25) is 0 Å². The van der Waals surface area contributed by atoms with Crippen molar-refractivity contribution in [2.75, 3.05) is 0 Å². The lowest BCUT2D eigenvalue weighted by Gasteiger charge is -2.28. The Morgan fingerprint density at radius 3 is 1.95 bits per heavy atom. The first-order chi connectivity index (χ1) is 8.84. The molecule has 0 atom stereocenters. The molecular formula is C9H4F7NO3. The second-order valence-corrected chi connectivity index (χ2v) is 3.58. The molecule has 0 saturated carbocycles. The van der Waals surface area contributed by atoms with Gasteiger partial charge in [-0.1, -0.05) is 6.07 Å². The van der Waals surface area contributed by atoms with Crippen LogP contribution in [0.5, 0.6) is 5.75 Å². The number of benzene rings is 1. The lowest BCUT2D eigenvalue weighted by molar-refractivity contribution is -0.394. The summed E-state index contributed by atoms with van der Waals surface area (Å²) in [5.74, 6) is -13.9. The van der Waals surface area contributed by atoms with Crippen molar-refractivity contribution in [2.24, 2.45) is 0 Å². The summed E-state index contributed by atoms with van der Waals surface area (Å²) in [4.78, 5) is 8.78. The van der Waals surface area contributed by atoms with Crippen molar-refractivity contribution in [3.63, 3.8) is 0 Å². The summed E-state index contributed by atoms with van der Waals surface area (Å²) in [6, 6.07) is 0.999. The van der Waals surface area contributed by atoms with E-state index >= 15 is 0 Å². The van der Waals surface area contributed by atoms with Crippen LogP contribution in [0.25, 0.3) is 0 Å². The highest BCUT2D eigenvalue weighted by Gasteiger charge is 2.74. The number of hydrogen-bond acceptors (Lipinski definition) is 3. The van der Waals surface area contributed by atoms with Gasteiger partial charge in [-0.05, 0) is 12.1 Å². The largest absolute Gasteiger partial charge is 0.502 e. The molecule has 0 aliphatic heterocycles. The van der Waals surface area contributed by atoms with Gasteiger partial charge in [-0.2, -0.15) is 30.7 Å². The molecule has 20 heavy (non-hydrogen) atoms. The predicted molar refractivity (Wildman–Crippen MR) is 49.7 cm³/mol. The van der Waals surface area contributed by atoms with Gasteiger partial charge < -0.3 is 5.11 Å². The molecule has 0 fully saturated rings. The predicted octanol–water partition coefficient (Wildman–Crippen LogP) is 3.59. The third kappa shape index (κ3) is 2.23. The maximum Gasteiger partial charge on any atom is 0.460 e. The molecule has 0 radical (unpaired) electrons. The van der Waals surface area contributed by atoms with Crippen LogP contribution in [0.4, 0.5) is 36.4 Å². The van der Waals surface area contributed by atoms with E-state index in [0.29, 0.717) is 12.1 Å². The molecule has 1 aromatic carbocycles. The Balaban J connectivity index is 3.59. The molecule has 0 aliphatic rings. The number of hydrogen-bond donors (Lipinski definition) is 1. The summed E-state index contributed by atoms with van der Waals surface area (Å²) >= 11 is 0. The molecule has 0 spiro atoms. The molecule has 0 saturated heterocycles. The van der Waals surface area contributed by atoms with Crippen LogP contribution in [0.15, 0.2) is 18.2 Å². The normalized spacial score (nSPS) is 13.3. The van der Waals surface area contributed by atoms with E-state index < -0.39 is 39.9 Å². The average molecular weight is 307 g/mol. The van der Waals surface area contributed by atoms with Crippen LogP contribution in [-0.2, 0) is 5.92 Å². The number of halogens is 7. The van der Waals surface area contributed by atoms with Crippen LogP contribution >= 0.6 is 0 Å². The van der Waals surface area contributed by atoms with E-state index in [4.69, 9.17) is 5.11 Å². The molecule has 0 aromatic heterocycles. The second-order valence-electron chi connectivity index (χ2n) is 3.58. The summed E-state index contributed by atoms with van der Waals surface area (Å²) in [5, 5.41) is 19.4. The van der Waals surface area contributed by atoms with E-state index in [9.17, 15) is 40.8 Å². The van der Waals surface area contributed by atoms with Gasteiger partial charge in [0.05, 0.1) is 4.92 Å². The molecule has 0 amide bonds. The van der Waals surface area contributed by atoms with E-state index in [-0.39, 0.29) is 6.07 Å². The van der Waals surface area contributed by atoms with Crippen LogP contribution < -0.4 is 0 Å². The van der Waals surface area contributed by atoms with Gasteiger partial charge in [0.15, 0.2) is 5.75 Å². The van der Waals surface area contributed by atoms with Gasteiger partial charge in [-0.25, -0.2) is 0 Å². The number of rotatable bonds is 3. The fourth-order valence-electron chi connectivity index (χ4n) is 1.32. The first-order valence-corrected chi connectivity index (χ1v) is 4.63. The van der Waals surface area contributed by atoms with E-state index in [1.165, 1.54) is 0 Å². The maximum absolute atomic E-state index is 13.3. The first kappa shape index (κ1) is 16.0. The molecule has 112 valence electrons. The molecule has 4 nitrogen and oxygen atoms in total. The summed E-state index contributed by atoms with van der Waals surface area (Å²) in [7, 11) is 0. The van der Waals surface area contributed by atoms with Gasteiger partial charge in [0, 0.05) is 0 Å². The SMILES string of the molecule is O=[N+]([O-])c1c(O)cccc1C(F)(F)C(F)(F)C(F)(F)F. The molecule has 0 heterocycles. The molecule has 1 rings (SSSR count). The minimum Gasteiger partial charge on any atom is -0.502 e. The Labute approximate surface area is 105 Å². The summed E-state index contributed by atoms with van der Waals surface area (Å²) < 4.78 is 88.2. The zero-order valence-corrected chi connectivity index (χ0v) is 9.09. The minimum absolute atomic E-state index is 0.0114. The van der Waals surface area contributed by atoms with Gasteiger partial charge in [0.25, 0.3) is 0 Å². The number of nitrogens with zero attached hydrogens (tertiary/aromatic N) is 1. The highest BCUT2D eigenvalue weighted by Crippen LogP contribution is 2.54. The van der Waals surface area contributed by atoms with E-state index in [2.05, 4.69) is 0 Å². The molecule has 1 N–H and O–H groups in total. The van der Waals surface area contributed by atoms with Crippen molar-refractivity contribution >= 4 is 5.69 Å². The van der Waals surface area contributed by atoms with Crippen molar-refractivity contribution in [3.05, 3.63) is 33.9 Å². The molecule has 0 bridgehead atoms. The smallest absolute Gasteiger partial charge is 0.460 e. The standard InChI is InChI=1S/C9H4F7NO3/c10-7(11,8(12,13)9(14,15)16)4-2-1-3-5(18)6(4)17(19)20/h1-3,18H. The zero-order chi connectivity index (χ0) is 15.9. The Kier molecular flexibility index (Phi) is 3.59. The van der Waals surface area contributed by atoms with Gasteiger partial charge in [-0.15, -0.1) is 0 Å². The number of nitro groups is 1. The number of para-hydroxylation sites is 1. The van der Waals surface area contributed by atoms with Crippen molar-refractivity contribution in [1.82, 2.24) is 0 Å². The molecular weight excluding hydrogens is 303 g/mol. The van der Waals surface area contributed by atoms with Crippen LogP contribution in [0, 0.1) is 10.1 Å². The van der Waals surface area contributed by atoms with Gasteiger partial charge in [0.1, 0.15) is 5.56 Å². The lowest BCUT2D eigenvalue weighted by atomic mass is 9.99. The molecule has 11 heteroatoms. The van der Waals surface area contributed by atoms with Crippen molar-refractivity contribution in [3.8, 4) is 5.75 Å². The van der Waals surface area contributed by atoms with Crippen molar-refractivity contribution < 1.29 is 40.8 Å². The lowest BCUT2D eigenvalue weighted by Crippen LogP contribution is -2.50. The summed E-state index contributed by atoms with van der Waals surface area (Å²) in [6.45, 7) is 0. The number of nitro benzene ring substituents is 1. The van der Waals surface area contributed by atoms with Gasteiger partial charge >= 0.3 is 23.7 Å². The Morgan fingerprint density at radius 1 is 1.05 bits per heavy atom. The Morgan fingerprint density at radius 2 is 1.55 bits per heavy atom. The Bertz CT molecular complexity index is 541. The van der Waals surface area contributed by atoms with E-state index in [1.54, 1.807) is 0 Å². The van der Waals surface area contributed by atoms with Crippen LogP contribution in [0.1, 0.15) is 5.56 Å². The first-order valence-electron chi connectivity index (χ1n) is 4.63. The number of phenols is 1. The summed E-state index contributed by atoms with van der Waals surface area (Å²) in [6.07, 6.45) is -6.63. The van der Waals surface area contributed by atoms with E-state index in [1.807, 2.05) is 0 Å². The second kappa shape index (κ2) is 4.49. The van der Waals surface area contributed by atoms with Gasteiger partial charge in [-0.3, -0.25) is 10.1 Å². The molecule has 0 unspecified atom stereocenters. The van der Waals surface area contributed by atoms with E-state index in [0.717, 1.165) is 0 Å². The molecule has 0 aliphatic carbocycles. The third-order valence-electron chi connectivity index (χ3n) is 2.29. The highest BCUT2D eigenvalue weighted by molar-refractivity contribution is 5.54. The third-order valence-corrected chi connectivity index (χ3v) is 2.29. The number of alkyl halides is 7. The van der Waals surface area contributed by atoms with Crippen molar-refractivity contribution in [2.45, 2.75) is 18.0 Å².